The lowest BCUT2D eigenvalue weighted by atomic mass is 10.0. The first-order valence-electron chi connectivity index (χ1n) is 9.59. The first kappa shape index (κ1) is 21.3. The molecule has 0 amide bonds. The number of hydrogen-bond donors (Lipinski definition) is 1. The number of thioether (sulfide) groups is 1. The zero-order valence-electron chi connectivity index (χ0n) is 16.8. The van der Waals surface area contributed by atoms with Crippen molar-refractivity contribution in [2.24, 2.45) is 4.99 Å². The summed E-state index contributed by atoms with van der Waals surface area (Å²) in [7, 11) is 0. The van der Waals surface area contributed by atoms with Crippen LogP contribution in [0.3, 0.4) is 0 Å². The van der Waals surface area contributed by atoms with Gasteiger partial charge in [0.2, 0.25) is 0 Å². The molecule has 152 valence electrons. The lowest BCUT2D eigenvalue weighted by Gasteiger charge is -2.25. The van der Waals surface area contributed by atoms with Crippen molar-refractivity contribution in [3.8, 4) is 0 Å². The first-order valence-corrected chi connectivity index (χ1v) is 10.6. The Morgan fingerprint density at radius 2 is 1.90 bits per heavy atom. The number of aliphatic hydroxyl groups is 1. The Bertz CT molecular complexity index is 899. The van der Waals surface area contributed by atoms with Gasteiger partial charge in [-0.2, -0.15) is 0 Å². The van der Waals surface area contributed by atoms with E-state index in [0.29, 0.717) is 6.42 Å². The molecule has 1 aliphatic heterocycles. The highest BCUT2D eigenvalue weighted by atomic mass is 32.2. The Balaban J connectivity index is 1.56. The van der Waals surface area contributed by atoms with E-state index in [4.69, 9.17) is 0 Å². The third-order valence-corrected chi connectivity index (χ3v) is 5.59. The quantitative estimate of drug-likeness (QED) is 0.688. The summed E-state index contributed by atoms with van der Waals surface area (Å²) in [6, 6.07) is 10.6. The van der Waals surface area contributed by atoms with Crippen LogP contribution in [0.15, 0.2) is 72.3 Å². The molecule has 3 rings (SSSR count). The van der Waals surface area contributed by atoms with Crippen molar-refractivity contribution >= 4 is 22.5 Å². The number of halogens is 1. The van der Waals surface area contributed by atoms with Crippen LogP contribution in [0, 0.1) is 5.82 Å². The van der Waals surface area contributed by atoms with Crippen LogP contribution in [-0.2, 0) is 12.8 Å². The van der Waals surface area contributed by atoms with Gasteiger partial charge in [-0.3, -0.25) is 4.98 Å². The van der Waals surface area contributed by atoms with Gasteiger partial charge in [0.1, 0.15) is 10.9 Å². The molecule has 2 heterocycles. The number of anilines is 1. The average molecular weight is 412 g/mol. The molecule has 2 aromatic rings. The van der Waals surface area contributed by atoms with E-state index in [-0.39, 0.29) is 5.82 Å². The molecule has 0 atom stereocenters. The molecule has 29 heavy (non-hydrogen) atoms. The molecule has 1 aliphatic rings. The number of nitrogens with zero attached hydrogens (tertiary/aromatic N) is 3. The highest BCUT2D eigenvalue weighted by molar-refractivity contribution is 8.14. The van der Waals surface area contributed by atoms with Crippen LogP contribution in [0.1, 0.15) is 31.5 Å². The van der Waals surface area contributed by atoms with Crippen molar-refractivity contribution in [3.05, 3.63) is 84.3 Å². The molecule has 1 aromatic carbocycles. The predicted octanol–water partition coefficient (Wildman–Crippen LogP) is 5.10. The Morgan fingerprint density at radius 3 is 2.55 bits per heavy atom. The Kier molecular flexibility index (Phi) is 6.87. The highest BCUT2D eigenvalue weighted by Crippen LogP contribution is 2.26. The van der Waals surface area contributed by atoms with E-state index in [1.165, 1.54) is 12.1 Å². The predicted molar refractivity (Wildman–Crippen MR) is 120 cm³/mol. The van der Waals surface area contributed by atoms with Gasteiger partial charge in [-0.15, -0.1) is 11.8 Å². The summed E-state index contributed by atoms with van der Waals surface area (Å²) in [4.78, 5) is 10.9. The molecular weight excluding hydrogens is 385 g/mol. The fourth-order valence-corrected chi connectivity index (χ4v) is 3.79. The molecule has 0 saturated carbocycles. The minimum absolute atomic E-state index is 0.216. The minimum atomic E-state index is -0.694. The van der Waals surface area contributed by atoms with Crippen LogP contribution in [0.5, 0.6) is 0 Å². The third kappa shape index (κ3) is 6.27. The Morgan fingerprint density at radius 1 is 1.14 bits per heavy atom. The molecule has 1 N–H and O–H groups in total. The van der Waals surface area contributed by atoms with Gasteiger partial charge in [-0.05, 0) is 62.9 Å². The van der Waals surface area contributed by atoms with Crippen molar-refractivity contribution in [1.29, 1.82) is 0 Å². The van der Waals surface area contributed by atoms with Crippen molar-refractivity contribution in [2.75, 3.05) is 10.7 Å². The second kappa shape index (κ2) is 9.37. The van der Waals surface area contributed by atoms with Crippen LogP contribution in [-0.4, -0.2) is 26.5 Å². The molecule has 0 unspecified atom stereocenters. The molecule has 1 aromatic heterocycles. The second-order valence-electron chi connectivity index (χ2n) is 7.59. The summed E-state index contributed by atoms with van der Waals surface area (Å²) in [5, 5.41) is 10.7. The normalized spacial score (nSPS) is 14.3. The van der Waals surface area contributed by atoms with Gasteiger partial charge in [0.05, 0.1) is 23.2 Å². The van der Waals surface area contributed by atoms with Gasteiger partial charge in [0.15, 0.2) is 0 Å². The molecule has 0 aliphatic carbocycles. The van der Waals surface area contributed by atoms with E-state index in [0.717, 1.165) is 46.3 Å². The Hall–Kier alpha value is -2.44. The van der Waals surface area contributed by atoms with Crippen LogP contribution in [0.4, 0.5) is 10.1 Å². The first-order chi connectivity index (χ1) is 13.8. The molecule has 6 heteroatoms. The van der Waals surface area contributed by atoms with Crippen LogP contribution in [0.25, 0.3) is 0 Å². The average Bonchev–Trinajstić information content (AvgIpc) is 2.69. The second-order valence-corrected chi connectivity index (χ2v) is 8.68. The number of aryl methyl sites for hydroxylation is 2. The molecule has 0 radical (unpaired) electrons. The van der Waals surface area contributed by atoms with Crippen LogP contribution >= 0.6 is 11.8 Å². The summed E-state index contributed by atoms with van der Waals surface area (Å²) in [6.45, 7) is 7.80. The molecular formula is C23H26FN3OS. The fourth-order valence-electron chi connectivity index (χ4n) is 2.86. The molecule has 0 fully saturated rings. The maximum absolute atomic E-state index is 13.0. The van der Waals surface area contributed by atoms with Gasteiger partial charge in [-0.1, -0.05) is 18.7 Å². The van der Waals surface area contributed by atoms with Gasteiger partial charge in [0.25, 0.3) is 0 Å². The van der Waals surface area contributed by atoms with E-state index < -0.39 is 5.60 Å². The molecule has 0 bridgehead atoms. The number of aromatic nitrogens is 1. The van der Waals surface area contributed by atoms with Crippen molar-refractivity contribution < 1.29 is 9.50 Å². The monoisotopic (exact) mass is 411 g/mol. The molecule has 4 nitrogen and oxygen atoms in total. The van der Waals surface area contributed by atoms with E-state index >= 15 is 0 Å². The Labute approximate surface area is 175 Å². The van der Waals surface area contributed by atoms with E-state index in [1.807, 2.05) is 41.6 Å². The van der Waals surface area contributed by atoms with Crippen molar-refractivity contribution in [1.82, 2.24) is 4.98 Å². The van der Waals surface area contributed by atoms with E-state index in [9.17, 15) is 9.50 Å². The summed E-state index contributed by atoms with van der Waals surface area (Å²) in [6.07, 6.45) is 7.68. The third-order valence-electron chi connectivity index (χ3n) is 4.57. The smallest absolute Gasteiger partial charge is 0.123 e. The number of pyridine rings is 1. The van der Waals surface area contributed by atoms with Gasteiger partial charge < -0.3 is 10.0 Å². The number of rotatable bonds is 7. The van der Waals surface area contributed by atoms with Gasteiger partial charge in [-0.25, -0.2) is 9.38 Å². The summed E-state index contributed by atoms with van der Waals surface area (Å²) < 4.78 is 13.0. The van der Waals surface area contributed by atoms with E-state index in [1.54, 1.807) is 31.8 Å². The van der Waals surface area contributed by atoms with Crippen LogP contribution < -0.4 is 4.90 Å². The summed E-state index contributed by atoms with van der Waals surface area (Å²) >= 11 is 1.63. The van der Waals surface area contributed by atoms with Crippen molar-refractivity contribution in [3.63, 3.8) is 0 Å². The zero-order valence-corrected chi connectivity index (χ0v) is 17.6. The van der Waals surface area contributed by atoms with Gasteiger partial charge in [0, 0.05) is 23.8 Å². The topological polar surface area (TPSA) is 48.7 Å². The largest absolute Gasteiger partial charge is 0.390 e. The summed E-state index contributed by atoms with van der Waals surface area (Å²) in [5.74, 6) is 0.617. The number of aliphatic imine (C=N–C) groups is 1. The van der Waals surface area contributed by atoms with Crippen molar-refractivity contribution in [2.45, 2.75) is 38.7 Å². The fraction of sp³-hybridized carbons (Fsp3) is 0.304. The highest BCUT2D eigenvalue weighted by Gasteiger charge is 2.18. The molecule has 0 saturated heterocycles. The SMILES string of the molecule is C=C1C(SCCc2ccc(F)cc2)=NC=CN1c1ccc(CCC(C)(C)O)nc1. The summed E-state index contributed by atoms with van der Waals surface area (Å²) in [5.41, 5.74) is 3.08. The standard InChI is InChI=1S/C23H26FN3OS/c1-17-22(29-15-11-18-4-6-19(24)7-5-18)25-13-14-27(17)21-9-8-20(26-16-21)10-12-23(2,3)28/h4-9,13-14,16,28H,1,10-12,15H2,2-3H3. The lowest BCUT2D eigenvalue weighted by molar-refractivity contribution is 0.0711. The molecule has 0 spiro atoms. The lowest BCUT2D eigenvalue weighted by Crippen LogP contribution is -2.23. The van der Waals surface area contributed by atoms with Crippen LogP contribution in [0.2, 0.25) is 0 Å². The van der Waals surface area contributed by atoms with E-state index in [2.05, 4.69) is 16.6 Å². The number of hydrogen-bond acceptors (Lipinski definition) is 5. The number of benzene rings is 1. The maximum Gasteiger partial charge on any atom is 0.123 e. The zero-order chi connectivity index (χ0) is 20.9. The minimum Gasteiger partial charge on any atom is -0.390 e. The van der Waals surface area contributed by atoms with Gasteiger partial charge >= 0.3 is 0 Å². The maximum atomic E-state index is 13.0.